The molecule has 4 atom stereocenters. The molecule has 0 rings (SSSR count). The van der Waals surface area contributed by atoms with Crippen molar-refractivity contribution in [3.05, 3.63) is 0 Å². The van der Waals surface area contributed by atoms with Crippen molar-refractivity contribution in [1.82, 2.24) is 16.0 Å². The van der Waals surface area contributed by atoms with E-state index in [2.05, 4.69) is 10.6 Å². The fraction of sp³-hybridized carbons (Fsp3) is 0.643. The number of alkyl halides is 3. The lowest BCUT2D eigenvalue weighted by atomic mass is 10.2. The molecule has 174 valence electrons. The Labute approximate surface area is 167 Å². The maximum absolute atomic E-state index is 11.6. The molecule has 0 saturated carbocycles. The summed E-state index contributed by atoms with van der Waals surface area (Å²) in [5.41, 5.74) is 5.36. The number of amides is 3. The van der Waals surface area contributed by atoms with Crippen LogP contribution in [0.15, 0.2) is 0 Å². The van der Waals surface area contributed by atoms with Crippen LogP contribution in [-0.4, -0.2) is 93.6 Å². The molecular weight excluding hydrogens is 425 g/mol. The van der Waals surface area contributed by atoms with E-state index in [0.29, 0.717) is 0 Å². The smallest absolute Gasteiger partial charge is 0.480 e. The number of hydrogen-bond donors (Lipinski definition) is 8. The fourth-order valence-electron chi connectivity index (χ4n) is 1.34. The van der Waals surface area contributed by atoms with Gasteiger partial charge >= 0.3 is 18.1 Å². The SMILES string of the molecule is CC(O)C(N)C(=O)NCC(=O)N[C@@H](C)C(=O)N[C@@H](CO)C(=O)O.O=C(O)C(F)(F)F. The van der Waals surface area contributed by atoms with Gasteiger partial charge in [-0.1, -0.05) is 0 Å². The lowest BCUT2D eigenvalue weighted by Crippen LogP contribution is -2.54. The van der Waals surface area contributed by atoms with Crippen LogP contribution in [-0.2, 0) is 24.0 Å². The molecule has 0 aromatic rings. The summed E-state index contributed by atoms with van der Waals surface area (Å²) < 4.78 is 31.7. The zero-order valence-corrected chi connectivity index (χ0v) is 15.8. The Balaban J connectivity index is 0. The van der Waals surface area contributed by atoms with Gasteiger partial charge in [-0.15, -0.1) is 0 Å². The van der Waals surface area contributed by atoms with E-state index in [0.717, 1.165) is 0 Å². The Bertz CT molecular complexity index is 628. The van der Waals surface area contributed by atoms with Crippen LogP contribution in [0.25, 0.3) is 0 Å². The van der Waals surface area contributed by atoms with E-state index >= 15 is 0 Å². The first kappa shape index (κ1) is 29.2. The summed E-state index contributed by atoms with van der Waals surface area (Å²) in [6, 6.07) is -3.76. The molecule has 0 aliphatic heterocycles. The molecule has 2 unspecified atom stereocenters. The van der Waals surface area contributed by atoms with Crippen molar-refractivity contribution < 1.29 is 57.6 Å². The van der Waals surface area contributed by atoms with Crippen molar-refractivity contribution in [3.63, 3.8) is 0 Å². The average molecular weight is 448 g/mol. The summed E-state index contributed by atoms with van der Waals surface area (Å²) in [7, 11) is 0. The summed E-state index contributed by atoms with van der Waals surface area (Å²) in [4.78, 5) is 54.2. The predicted octanol–water partition coefficient (Wildman–Crippen LogP) is -3.49. The third kappa shape index (κ3) is 12.5. The molecule has 0 aromatic carbocycles. The zero-order valence-electron chi connectivity index (χ0n) is 15.8. The minimum atomic E-state index is -5.08. The number of aliphatic hydroxyl groups is 2. The topological polar surface area (TPSA) is 228 Å². The maximum Gasteiger partial charge on any atom is 0.490 e. The van der Waals surface area contributed by atoms with Crippen LogP contribution in [0.3, 0.4) is 0 Å². The van der Waals surface area contributed by atoms with E-state index in [1.807, 2.05) is 5.32 Å². The summed E-state index contributed by atoms with van der Waals surface area (Å²) in [5, 5.41) is 40.1. The molecule has 0 radical (unpaired) electrons. The Morgan fingerprint density at radius 1 is 1.00 bits per heavy atom. The number of aliphatic carboxylic acids is 2. The number of hydrogen-bond acceptors (Lipinski definition) is 8. The molecule has 0 aliphatic carbocycles. The van der Waals surface area contributed by atoms with Crippen molar-refractivity contribution in [1.29, 1.82) is 0 Å². The van der Waals surface area contributed by atoms with Gasteiger partial charge in [0, 0.05) is 0 Å². The molecular formula is C14H23F3N4O9. The number of carbonyl (C=O) groups is 5. The van der Waals surface area contributed by atoms with Gasteiger partial charge in [-0.25, -0.2) is 9.59 Å². The number of halogens is 3. The van der Waals surface area contributed by atoms with Crippen molar-refractivity contribution >= 4 is 29.7 Å². The summed E-state index contributed by atoms with van der Waals surface area (Å²) in [6.45, 7) is 1.35. The second kappa shape index (κ2) is 13.3. The van der Waals surface area contributed by atoms with Gasteiger partial charge in [0.2, 0.25) is 17.7 Å². The molecule has 9 N–H and O–H groups in total. The van der Waals surface area contributed by atoms with Crippen LogP contribution in [0.2, 0.25) is 0 Å². The quantitative estimate of drug-likeness (QED) is 0.174. The molecule has 0 heterocycles. The first-order valence-electron chi connectivity index (χ1n) is 7.99. The van der Waals surface area contributed by atoms with Crippen molar-refractivity contribution in [3.8, 4) is 0 Å². The highest BCUT2D eigenvalue weighted by molar-refractivity contribution is 5.92. The average Bonchev–Trinajstić information content (AvgIpc) is 2.62. The van der Waals surface area contributed by atoms with E-state index in [1.165, 1.54) is 13.8 Å². The van der Waals surface area contributed by atoms with Crippen molar-refractivity contribution in [2.45, 2.75) is 44.3 Å². The third-order valence-electron chi connectivity index (χ3n) is 3.06. The molecule has 0 spiro atoms. The number of rotatable bonds is 9. The van der Waals surface area contributed by atoms with Gasteiger partial charge in [0.25, 0.3) is 0 Å². The highest BCUT2D eigenvalue weighted by Crippen LogP contribution is 2.13. The van der Waals surface area contributed by atoms with Gasteiger partial charge in [-0.2, -0.15) is 13.2 Å². The maximum atomic E-state index is 11.6. The van der Waals surface area contributed by atoms with Crippen LogP contribution in [0, 0.1) is 0 Å². The number of carboxylic acids is 2. The fourth-order valence-corrected chi connectivity index (χ4v) is 1.34. The van der Waals surface area contributed by atoms with Crippen LogP contribution >= 0.6 is 0 Å². The Kier molecular flexibility index (Phi) is 12.9. The summed E-state index contributed by atoms with van der Waals surface area (Å²) in [5.74, 6) is -6.44. The second-order valence-corrected chi connectivity index (χ2v) is 5.66. The predicted molar refractivity (Wildman–Crippen MR) is 90.6 cm³/mol. The zero-order chi connectivity index (χ0) is 24.2. The van der Waals surface area contributed by atoms with Crippen LogP contribution in [0.1, 0.15) is 13.8 Å². The van der Waals surface area contributed by atoms with Gasteiger partial charge in [0.05, 0.1) is 19.3 Å². The lowest BCUT2D eigenvalue weighted by molar-refractivity contribution is -0.192. The molecule has 0 aromatic heterocycles. The molecule has 0 saturated heterocycles. The van der Waals surface area contributed by atoms with Crippen LogP contribution in [0.5, 0.6) is 0 Å². The Hall–Kier alpha value is -2.98. The normalized spacial score (nSPS) is 14.7. The minimum absolute atomic E-state index is 0.473. The molecule has 3 amide bonds. The second-order valence-electron chi connectivity index (χ2n) is 5.66. The van der Waals surface area contributed by atoms with Crippen molar-refractivity contribution in [2.75, 3.05) is 13.2 Å². The Morgan fingerprint density at radius 3 is 1.80 bits per heavy atom. The number of carboxylic acid groups (broad SMARTS) is 2. The molecule has 30 heavy (non-hydrogen) atoms. The molecule has 16 heteroatoms. The van der Waals surface area contributed by atoms with Crippen LogP contribution in [0.4, 0.5) is 13.2 Å². The molecule has 13 nitrogen and oxygen atoms in total. The third-order valence-corrected chi connectivity index (χ3v) is 3.06. The molecule has 0 fully saturated rings. The van der Waals surface area contributed by atoms with Gasteiger partial charge in [-0.05, 0) is 13.8 Å². The number of carbonyl (C=O) groups excluding carboxylic acids is 3. The standard InChI is InChI=1S/C12H22N4O7.C2HF3O2/c1-5(10(20)16-7(4-17)12(22)23)15-8(19)3-14-11(21)9(13)6(2)18;3-2(4,5)1(6)7/h5-7,9,17-18H,3-4,13H2,1-2H3,(H,14,21)(H,15,19)(H,16,20)(H,22,23);(H,6,7)/t5-,6?,7-,9?;/m0./s1. The minimum Gasteiger partial charge on any atom is -0.480 e. The van der Waals surface area contributed by atoms with Gasteiger partial charge in [0.15, 0.2) is 0 Å². The van der Waals surface area contributed by atoms with Gasteiger partial charge in [0.1, 0.15) is 18.1 Å². The highest BCUT2D eigenvalue weighted by Gasteiger charge is 2.38. The number of nitrogens with one attached hydrogen (secondary N) is 3. The van der Waals surface area contributed by atoms with E-state index in [-0.39, 0.29) is 0 Å². The number of nitrogens with two attached hydrogens (primary N) is 1. The van der Waals surface area contributed by atoms with E-state index in [1.54, 1.807) is 0 Å². The van der Waals surface area contributed by atoms with Gasteiger partial charge in [-0.3, -0.25) is 14.4 Å². The van der Waals surface area contributed by atoms with Crippen molar-refractivity contribution in [2.24, 2.45) is 5.73 Å². The molecule has 0 aliphatic rings. The van der Waals surface area contributed by atoms with Crippen LogP contribution < -0.4 is 21.7 Å². The summed E-state index contributed by atoms with van der Waals surface area (Å²) >= 11 is 0. The monoisotopic (exact) mass is 448 g/mol. The largest absolute Gasteiger partial charge is 0.490 e. The van der Waals surface area contributed by atoms with E-state index < -0.39 is 73.2 Å². The first-order chi connectivity index (χ1) is 13.5. The van der Waals surface area contributed by atoms with Gasteiger partial charge < -0.3 is 42.1 Å². The molecule has 0 bridgehead atoms. The highest BCUT2D eigenvalue weighted by atomic mass is 19.4. The number of aliphatic hydroxyl groups excluding tert-OH is 2. The van der Waals surface area contributed by atoms with E-state index in [9.17, 15) is 32.3 Å². The van der Waals surface area contributed by atoms with E-state index in [4.69, 9.17) is 31.0 Å². The lowest BCUT2D eigenvalue weighted by Gasteiger charge is -2.18. The summed E-state index contributed by atoms with van der Waals surface area (Å²) in [6.07, 6.45) is -6.17. The first-order valence-corrected chi connectivity index (χ1v) is 7.99. The Morgan fingerprint density at radius 2 is 1.47 bits per heavy atom.